The monoisotopic (exact) mass is 295 g/mol. The van der Waals surface area contributed by atoms with Gasteiger partial charge in [0.2, 0.25) is 0 Å². The van der Waals surface area contributed by atoms with E-state index in [-0.39, 0.29) is 12.1 Å². The lowest BCUT2D eigenvalue weighted by atomic mass is 9.93. The summed E-state index contributed by atoms with van der Waals surface area (Å²) in [7, 11) is 1.69. The predicted octanol–water partition coefficient (Wildman–Crippen LogP) is 2.92. The van der Waals surface area contributed by atoms with E-state index in [0.29, 0.717) is 0 Å². The Morgan fingerprint density at radius 1 is 0.909 bits per heavy atom. The minimum atomic E-state index is -0.732. The number of benzene rings is 2. The van der Waals surface area contributed by atoms with Gasteiger partial charge in [-0.2, -0.15) is 0 Å². The lowest BCUT2D eigenvalue weighted by Crippen LogP contribution is -2.39. The van der Waals surface area contributed by atoms with Crippen LogP contribution in [0.15, 0.2) is 60.7 Å². The lowest BCUT2D eigenvalue weighted by Gasteiger charge is -2.26. The number of primary amides is 1. The molecule has 0 unspecified atom stereocenters. The molecule has 22 heavy (non-hydrogen) atoms. The van der Waals surface area contributed by atoms with Crippen molar-refractivity contribution >= 4 is 12.1 Å². The van der Waals surface area contributed by atoms with E-state index in [0.717, 1.165) is 16.0 Å². The Morgan fingerprint density at radius 3 is 1.82 bits per heavy atom. The topological polar surface area (TPSA) is 66.6 Å². The van der Waals surface area contributed by atoms with E-state index in [1.807, 2.05) is 60.7 Å². The predicted molar refractivity (Wildman–Crippen MR) is 82.9 cm³/mol. The van der Waals surface area contributed by atoms with E-state index in [1.54, 1.807) is 11.9 Å². The summed E-state index contributed by atoms with van der Waals surface area (Å²) < 4.78 is 0. The van der Waals surface area contributed by atoms with Gasteiger partial charge in [0.1, 0.15) is 0 Å². The maximum atomic E-state index is 12.5. The van der Waals surface area contributed by atoms with E-state index in [9.17, 15) is 9.59 Å². The fourth-order valence-corrected chi connectivity index (χ4v) is 3.03. The number of urea groups is 2. The molecule has 0 aromatic heterocycles. The second kappa shape index (κ2) is 5.52. The first kappa shape index (κ1) is 14.1. The van der Waals surface area contributed by atoms with Crippen molar-refractivity contribution in [3.8, 4) is 0 Å². The van der Waals surface area contributed by atoms with Crippen LogP contribution in [0.2, 0.25) is 0 Å². The summed E-state index contributed by atoms with van der Waals surface area (Å²) in [6, 6.07) is 17.3. The summed E-state index contributed by atoms with van der Waals surface area (Å²) in [4.78, 5) is 27.0. The highest BCUT2D eigenvalue weighted by molar-refractivity contribution is 5.95. The van der Waals surface area contributed by atoms with Crippen molar-refractivity contribution in [3.05, 3.63) is 71.8 Å². The van der Waals surface area contributed by atoms with Crippen LogP contribution in [-0.4, -0.2) is 28.9 Å². The van der Waals surface area contributed by atoms with Gasteiger partial charge in [-0.25, -0.2) is 14.5 Å². The molecule has 2 aromatic carbocycles. The highest BCUT2D eigenvalue weighted by atomic mass is 16.2. The van der Waals surface area contributed by atoms with Gasteiger partial charge in [0.25, 0.3) is 0 Å². The lowest BCUT2D eigenvalue weighted by molar-refractivity contribution is 0.187. The first-order chi connectivity index (χ1) is 10.6. The number of likely N-dealkylation sites (N-methyl/N-ethyl adjacent to an activating group) is 1. The Morgan fingerprint density at radius 2 is 1.36 bits per heavy atom. The van der Waals surface area contributed by atoms with Crippen molar-refractivity contribution in [1.29, 1.82) is 0 Å². The van der Waals surface area contributed by atoms with Gasteiger partial charge in [0.05, 0.1) is 12.1 Å². The molecular formula is C17H17N3O2. The fourth-order valence-electron chi connectivity index (χ4n) is 3.03. The van der Waals surface area contributed by atoms with Crippen LogP contribution >= 0.6 is 0 Å². The van der Waals surface area contributed by atoms with Gasteiger partial charge in [0, 0.05) is 7.05 Å². The molecule has 3 rings (SSSR count). The smallest absolute Gasteiger partial charge is 0.329 e. The average molecular weight is 295 g/mol. The van der Waals surface area contributed by atoms with Crippen LogP contribution in [-0.2, 0) is 0 Å². The zero-order valence-corrected chi connectivity index (χ0v) is 12.2. The van der Waals surface area contributed by atoms with Crippen molar-refractivity contribution in [2.75, 3.05) is 7.05 Å². The molecule has 1 saturated heterocycles. The molecule has 112 valence electrons. The number of hydrogen-bond donors (Lipinski definition) is 1. The molecule has 2 aromatic rings. The van der Waals surface area contributed by atoms with Crippen molar-refractivity contribution in [2.24, 2.45) is 5.73 Å². The summed E-state index contributed by atoms with van der Waals surface area (Å²) >= 11 is 0. The minimum Gasteiger partial charge on any atom is -0.351 e. The summed E-state index contributed by atoms with van der Waals surface area (Å²) in [6.07, 6.45) is 0. The summed E-state index contributed by atoms with van der Waals surface area (Å²) in [5.41, 5.74) is 7.31. The first-order valence-corrected chi connectivity index (χ1v) is 7.06. The van der Waals surface area contributed by atoms with Crippen molar-refractivity contribution in [2.45, 2.75) is 12.1 Å². The van der Waals surface area contributed by atoms with Crippen LogP contribution in [0.1, 0.15) is 23.2 Å². The number of amides is 4. The molecule has 0 spiro atoms. The molecule has 4 amide bonds. The van der Waals surface area contributed by atoms with Crippen molar-refractivity contribution in [1.82, 2.24) is 9.80 Å². The van der Waals surface area contributed by atoms with Crippen LogP contribution in [0.5, 0.6) is 0 Å². The minimum absolute atomic E-state index is 0.261. The Hall–Kier alpha value is -2.82. The molecular weight excluding hydrogens is 278 g/mol. The van der Waals surface area contributed by atoms with Crippen LogP contribution in [0.4, 0.5) is 9.59 Å². The molecule has 2 atom stereocenters. The zero-order chi connectivity index (χ0) is 15.7. The molecule has 0 saturated carbocycles. The maximum absolute atomic E-state index is 12.5. The number of carbonyl (C=O) groups excluding carboxylic acids is 2. The molecule has 0 aliphatic carbocycles. The van der Waals surface area contributed by atoms with E-state index in [4.69, 9.17) is 5.73 Å². The zero-order valence-electron chi connectivity index (χ0n) is 12.2. The van der Waals surface area contributed by atoms with Crippen molar-refractivity contribution in [3.63, 3.8) is 0 Å². The van der Waals surface area contributed by atoms with E-state index < -0.39 is 12.1 Å². The molecule has 2 N–H and O–H groups in total. The van der Waals surface area contributed by atoms with E-state index >= 15 is 0 Å². The SMILES string of the molecule is CN1C(=O)N(C(N)=O)[C@H](c2ccccc2)[C@H]1c1ccccc1. The van der Waals surface area contributed by atoms with Gasteiger partial charge in [-0.15, -0.1) is 0 Å². The quantitative estimate of drug-likeness (QED) is 0.925. The molecule has 1 heterocycles. The number of nitrogens with zero attached hydrogens (tertiary/aromatic N) is 2. The first-order valence-electron chi connectivity index (χ1n) is 7.06. The van der Waals surface area contributed by atoms with Crippen LogP contribution in [0.3, 0.4) is 0 Å². The van der Waals surface area contributed by atoms with E-state index in [1.165, 1.54) is 0 Å². The summed E-state index contributed by atoms with van der Waals surface area (Å²) in [5.74, 6) is 0. The highest BCUT2D eigenvalue weighted by Crippen LogP contribution is 2.43. The molecule has 0 bridgehead atoms. The Balaban J connectivity index is 2.13. The number of rotatable bonds is 2. The average Bonchev–Trinajstić information content (AvgIpc) is 2.81. The van der Waals surface area contributed by atoms with Crippen LogP contribution < -0.4 is 5.73 Å². The normalized spacial score (nSPS) is 21.2. The third kappa shape index (κ3) is 2.20. The number of carbonyl (C=O) groups is 2. The van der Waals surface area contributed by atoms with E-state index in [2.05, 4.69) is 0 Å². The second-order valence-corrected chi connectivity index (χ2v) is 5.31. The van der Waals surface area contributed by atoms with Crippen LogP contribution in [0, 0.1) is 0 Å². The molecule has 1 aliphatic heterocycles. The van der Waals surface area contributed by atoms with Gasteiger partial charge < -0.3 is 10.6 Å². The Labute approximate surface area is 128 Å². The molecule has 5 nitrogen and oxygen atoms in total. The third-order valence-electron chi connectivity index (χ3n) is 4.02. The highest BCUT2D eigenvalue weighted by Gasteiger charge is 2.47. The molecule has 1 aliphatic rings. The Bertz CT molecular complexity index is 688. The fraction of sp³-hybridized carbons (Fsp3) is 0.176. The van der Waals surface area contributed by atoms with Gasteiger partial charge in [-0.1, -0.05) is 60.7 Å². The van der Waals surface area contributed by atoms with Gasteiger partial charge in [-0.05, 0) is 11.1 Å². The third-order valence-corrected chi connectivity index (χ3v) is 4.02. The summed E-state index contributed by atoms with van der Waals surface area (Å²) in [6.45, 7) is 0. The van der Waals surface area contributed by atoms with Gasteiger partial charge >= 0.3 is 12.1 Å². The molecule has 1 fully saturated rings. The molecule has 5 heteroatoms. The summed E-state index contributed by atoms with van der Waals surface area (Å²) in [5, 5.41) is 0. The van der Waals surface area contributed by atoms with Gasteiger partial charge in [0.15, 0.2) is 0 Å². The number of nitrogens with two attached hydrogens (primary N) is 1. The standard InChI is InChI=1S/C17H17N3O2/c1-19-14(12-8-4-2-5-9-12)15(13-10-6-3-7-11-13)20(16(18)21)17(19)22/h2-11,14-15H,1H3,(H2,18,21)/t14-,15-/m1/s1. The number of imide groups is 1. The van der Waals surface area contributed by atoms with Gasteiger partial charge in [-0.3, -0.25) is 0 Å². The number of hydrogen-bond acceptors (Lipinski definition) is 2. The van der Waals surface area contributed by atoms with Crippen LogP contribution in [0.25, 0.3) is 0 Å². The maximum Gasteiger partial charge on any atom is 0.329 e. The van der Waals surface area contributed by atoms with Crippen molar-refractivity contribution < 1.29 is 9.59 Å². The second-order valence-electron chi connectivity index (χ2n) is 5.31. The molecule has 0 radical (unpaired) electrons. The largest absolute Gasteiger partial charge is 0.351 e. The Kier molecular flexibility index (Phi) is 3.55.